The van der Waals surface area contributed by atoms with Crippen molar-refractivity contribution in [1.29, 1.82) is 0 Å². The number of halogens is 1. The summed E-state index contributed by atoms with van der Waals surface area (Å²) in [7, 11) is 1.22. The summed E-state index contributed by atoms with van der Waals surface area (Å²) in [6, 6.07) is 13.2. The monoisotopic (exact) mass is 453 g/mol. The molecule has 2 heterocycles. The van der Waals surface area contributed by atoms with Crippen molar-refractivity contribution in [2.24, 2.45) is 0 Å². The third kappa shape index (κ3) is 3.71. The van der Waals surface area contributed by atoms with E-state index in [0.717, 1.165) is 22.0 Å². The maximum atomic E-state index is 14.4. The van der Waals surface area contributed by atoms with Gasteiger partial charge in [-0.2, -0.15) is 0 Å². The number of esters is 1. The number of nitrogens with one attached hydrogen (secondary N) is 1. The summed E-state index contributed by atoms with van der Waals surface area (Å²) in [6.07, 6.45) is 0. The summed E-state index contributed by atoms with van der Waals surface area (Å²) in [4.78, 5) is 50.8. The van der Waals surface area contributed by atoms with E-state index in [2.05, 4.69) is 5.32 Å². The van der Waals surface area contributed by atoms with Crippen molar-refractivity contribution in [3.63, 3.8) is 0 Å². The van der Waals surface area contributed by atoms with Crippen LogP contribution in [0.4, 0.5) is 10.1 Å². The zero-order chi connectivity index (χ0) is 22.8. The molecule has 0 saturated carbocycles. The third-order valence-electron chi connectivity index (χ3n) is 4.76. The predicted molar refractivity (Wildman–Crippen MR) is 118 cm³/mol. The van der Waals surface area contributed by atoms with Gasteiger partial charge in [0.1, 0.15) is 17.1 Å². The molecule has 0 saturated heterocycles. The van der Waals surface area contributed by atoms with Crippen molar-refractivity contribution >= 4 is 39.1 Å². The van der Waals surface area contributed by atoms with Gasteiger partial charge in [-0.1, -0.05) is 24.3 Å². The number of hydrogen-bond donors (Lipinski definition) is 1. The van der Waals surface area contributed by atoms with Crippen LogP contribution in [-0.4, -0.2) is 28.1 Å². The average molecular weight is 453 g/mol. The van der Waals surface area contributed by atoms with Crippen molar-refractivity contribution in [3.05, 3.63) is 92.2 Å². The maximum Gasteiger partial charge on any atom is 0.339 e. The average Bonchev–Trinajstić information content (AvgIpc) is 3.28. The molecule has 10 heteroatoms. The topological polar surface area (TPSA) is 99.4 Å². The minimum Gasteiger partial charge on any atom is -0.465 e. The van der Waals surface area contributed by atoms with Gasteiger partial charge in [0.25, 0.3) is 5.56 Å². The van der Waals surface area contributed by atoms with Crippen LogP contribution in [0.2, 0.25) is 0 Å². The number of ether oxygens (including phenoxy) is 1. The maximum absolute atomic E-state index is 14.4. The summed E-state index contributed by atoms with van der Waals surface area (Å²) in [5, 5.41) is 4.20. The molecule has 0 aliphatic carbocycles. The molecule has 4 rings (SSSR count). The van der Waals surface area contributed by atoms with Crippen LogP contribution in [0, 0.1) is 5.82 Å². The molecule has 0 radical (unpaired) electrons. The molecule has 162 valence electrons. The number of aromatic nitrogens is 2. The van der Waals surface area contributed by atoms with Crippen LogP contribution in [-0.2, 0) is 16.1 Å². The molecule has 0 bridgehead atoms. The van der Waals surface area contributed by atoms with Gasteiger partial charge in [0.2, 0.25) is 5.91 Å². The standard InChI is InChI=1S/C22H16FN3O5S/c1-31-21(29)13-6-2-4-8-15(13)24-18(27)12-25-17-10-11-32-19(17)20(28)26(22(25)30)16-9-5-3-7-14(16)23/h2-11H,12H2,1H3,(H,24,27). The van der Waals surface area contributed by atoms with Gasteiger partial charge in [0.15, 0.2) is 0 Å². The van der Waals surface area contributed by atoms with E-state index in [9.17, 15) is 23.6 Å². The number of rotatable bonds is 5. The summed E-state index contributed by atoms with van der Waals surface area (Å²) in [5.74, 6) is -1.99. The van der Waals surface area contributed by atoms with Crippen molar-refractivity contribution in [2.75, 3.05) is 12.4 Å². The highest BCUT2D eigenvalue weighted by molar-refractivity contribution is 7.17. The van der Waals surface area contributed by atoms with Gasteiger partial charge >= 0.3 is 11.7 Å². The summed E-state index contributed by atoms with van der Waals surface area (Å²) >= 11 is 1.08. The summed E-state index contributed by atoms with van der Waals surface area (Å²) < 4.78 is 21.1. The largest absolute Gasteiger partial charge is 0.465 e. The Labute approximate surface area is 184 Å². The van der Waals surface area contributed by atoms with Crippen LogP contribution in [0.1, 0.15) is 10.4 Å². The minimum absolute atomic E-state index is 0.146. The second-order valence-corrected chi connectivity index (χ2v) is 7.60. The molecule has 0 aliphatic rings. The molecule has 8 nitrogen and oxygen atoms in total. The number of anilines is 1. The van der Waals surface area contributed by atoms with E-state index in [-0.39, 0.29) is 27.2 Å². The molecule has 2 aromatic carbocycles. The van der Waals surface area contributed by atoms with E-state index in [1.807, 2.05) is 0 Å². The fourth-order valence-corrected chi connectivity index (χ4v) is 4.12. The van der Waals surface area contributed by atoms with Gasteiger partial charge in [-0.25, -0.2) is 18.5 Å². The molecule has 0 atom stereocenters. The summed E-state index contributed by atoms with van der Waals surface area (Å²) in [6.45, 7) is -0.462. The number of carbonyl (C=O) groups excluding carboxylic acids is 2. The Bertz CT molecular complexity index is 1470. The van der Waals surface area contributed by atoms with E-state index in [4.69, 9.17) is 4.74 Å². The lowest BCUT2D eigenvalue weighted by Crippen LogP contribution is -2.40. The lowest BCUT2D eigenvalue weighted by molar-refractivity contribution is -0.116. The molecule has 2 aromatic heterocycles. The Kier molecular flexibility index (Phi) is 5.69. The van der Waals surface area contributed by atoms with Crippen LogP contribution in [0.5, 0.6) is 0 Å². The van der Waals surface area contributed by atoms with Gasteiger partial charge in [0, 0.05) is 0 Å². The highest BCUT2D eigenvalue weighted by Crippen LogP contribution is 2.19. The van der Waals surface area contributed by atoms with Crippen LogP contribution >= 0.6 is 11.3 Å². The first-order valence-electron chi connectivity index (χ1n) is 9.37. The molecule has 1 amide bonds. The SMILES string of the molecule is COC(=O)c1ccccc1NC(=O)Cn1c(=O)n(-c2ccccc2F)c(=O)c2sccc21. The number of hydrogen-bond acceptors (Lipinski definition) is 6. The van der Waals surface area contributed by atoms with Crippen LogP contribution in [0.15, 0.2) is 69.6 Å². The Morgan fingerprint density at radius 1 is 1.06 bits per heavy atom. The number of benzene rings is 2. The van der Waals surface area contributed by atoms with E-state index >= 15 is 0 Å². The molecule has 32 heavy (non-hydrogen) atoms. The second-order valence-electron chi connectivity index (χ2n) is 6.68. The first-order valence-corrected chi connectivity index (χ1v) is 10.3. The smallest absolute Gasteiger partial charge is 0.339 e. The van der Waals surface area contributed by atoms with Gasteiger partial charge in [0.05, 0.1) is 29.6 Å². The van der Waals surface area contributed by atoms with Crippen LogP contribution < -0.4 is 16.6 Å². The molecule has 4 aromatic rings. The zero-order valence-electron chi connectivity index (χ0n) is 16.7. The highest BCUT2D eigenvalue weighted by Gasteiger charge is 2.20. The first-order chi connectivity index (χ1) is 15.4. The molecule has 0 unspecified atom stereocenters. The number of fused-ring (bicyclic) bond motifs is 1. The molecular weight excluding hydrogens is 437 g/mol. The number of para-hydroxylation sites is 2. The fourth-order valence-electron chi connectivity index (χ4n) is 3.30. The number of amides is 1. The Morgan fingerprint density at radius 3 is 2.53 bits per heavy atom. The normalized spacial score (nSPS) is 10.8. The van der Waals surface area contributed by atoms with E-state index in [1.165, 1.54) is 37.4 Å². The van der Waals surface area contributed by atoms with Crippen molar-refractivity contribution in [1.82, 2.24) is 9.13 Å². The molecule has 0 fully saturated rings. The Balaban J connectivity index is 1.78. The number of nitrogens with zero attached hydrogens (tertiary/aromatic N) is 2. The van der Waals surface area contributed by atoms with E-state index < -0.39 is 35.5 Å². The lowest BCUT2D eigenvalue weighted by Gasteiger charge is -2.14. The van der Waals surface area contributed by atoms with E-state index in [0.29, 0.717) is 4.57 Å². The number of carbonyl (C=O) groups is 2. The van der Waals surface area contributed by atoms with Gasteiger partial charge in [-0.3, -0.25) is 14.2 Å². The number of methoxy groups -OCH3 is 1. The predicted octanol–water partition coefficient (Wildman–Crippen LogP) is 2.78. The Hall–Kier alpha value is -4.05. The highest BCUT2D eigenvalue weighted by atomic mass is 32.1. The molecule has 1 N–H and O–H groups in total. The fraction of sp³-hybridized carbons (Fsp3) is 0.0909. The van der Waals surface area contributed by atoms with E-state index in [1.54, 1.807) is 23.6 Å². The lowest BCUT2D eigenvalue weighted by atomic mass is 10.2. The summed E-state index contributed by atoms with van der Waals surface area (Å²) in [5.41, 5.74) is -1.12. The second kappa shape index (κ2) is 8.60. The molecule has 0 aliphatic heterocycles. The van der Waals surface area contributed by atoms with Gasteiger partial charge in [-0.15, -0.1) is 11.3 Å². The Morgan fingerprint density at radius 2 is 1.78 bits per heavy atom. The first kappa shape index (κ1) is 21.2. The van der Waals surface area contributed by atoms with Crippen molar-refractivity contribution < 1.29 is 18.7 Å². The minimum atomic E-state index is -0.859. The van der Waals surface area contributed by atoms with Crippen LogP contribution in [0.3, 0.4) is 0 Å². The van der Waals surface area contributed by atoms with Gasteiger partial charge < -0.3 is 10.1 Å². The zero-order valence-corrected chi connectivity index (χ0v) is 17.5. The number of thiophene rings is 1. The molecule has 0 spiro atoms. The quantitative estimate of drug-likeness (QED) is 0.469. The van der Waals surface area contributed by atoms with Crippen LogP contribution in [0.25, 0.3) is 15.9 Å². The van der Waals surface area contributed by atoms with Gasteiger partial charge in [-0.05, 0) is 35.7 Å². The van der Waals surface area contributed by atoms with Crippen molar-refractivity contribution in [2.45, 2.75) is 6.54 Å². The molecular formula is C22H16FN3O5S. The third-order valence-corrected chi connectivity index (χ3v) is 5.65. The van der Waals surface area contributed by atoms with Crippen molar-refractivity contribution in [3.8, 4) is 5.69 Å².